The van der Waals surface area contributed by atoms with Gasteiger partial charge in [0.15, 0.2) is 0 Å². The SMILES string of the molecule is CCc1oc2ccccc2c1CN(C)C(=O)[C@H]1C[C@@H](O)CN1. The summed E-state index contributed by atoms with van der Waals surface area (Å²) in [6.07, 6.45) is 0.853. The summed E-state index contributed by atoms with van der Waals surface area (Å²) in [5.41, 5.74) is 1.94. The summed E-state index contributed by atoms with van der Waals surface area (Å²) in [6, 6.07) is 7.63. The number of amides is 1. The summed E-state index contributed by atoms with van der Waals surface area (Å²) >= 11 is 0. The standard InChI is InChI=1S/C17H22N2O3/c1-3-15-13(12-6-4-5-7-16(12)22-15)10-19(2)17(21)14-8-11(20)9-18-14/h4-7,11,14,18,20H,3,8-10H2,1-2H3/t11-,14-/m1/s1. The van der Waals surface area contributed by atoms with Crippen LogP contribution in [0.4, 0.5) is 0 Å². The first-order valence-corrected chi connectivity index (χ1v) is 7.75. The second-order valence-electron chi connectivity index (χ2n) is 5.90. The van der Waals surface area contributed by atoms with Gasteiger partial charge in [-0.1, -0.05) is 25.1 Å². The predicted octanol–water partition coefficient (Wildman–Crippen LogP) is 1.68. The second kappa shape index (κ2) is 6.10. The zero-order valence-corrected chi connectivity index (χ0v) is 13.0. The lowest BCUT2D eigenvalue weighted by molar-refractivity contribution is -0.132. The van der Waals surface area contributed by atoms with Crippen LogP contribution >= 0.6 is 0 Å². The average molecular weight is 302 g/mol. The number of carbonyl (C=O) groups is 1. The van der Waals surface area contributed by atoms with E-state index in [0.29, 0.717) is 19.5 Å². The van der Waals surface area contributed by atoms with E-state index in [1.807, 2.05) is 24.3 Å². The van der Waals surface area contributed by atoms with Crippen molar-refractivity contribution in [2.75, 3.05) is 13.6 Å². The lowest BCUT2D eigenvalue weighted by Crippen LogP contribution is -2.41. The monoisotopic (exact) mass is 302 g/mol. The Hall–Kier alpha value is -1.85. The number of likely N-dealkylation sites (N-methyl/N-ethyl adjacent to an activating group) is 1. The van der Waals surface area contributed by atoms with Gasteiger partial charge in [0.1, 0.15) is 11.3 Å². The summed E-state index contributed by atoms with van der Waals surface area (Å²) in [6.45, 7) is 3.06. The van der Waals surface area contributed by atoms with Gasteiger partial charge < -0.3 is 19.7 Å². The summed E-state index contributed by atoms with van der Waals surface area (Å²) in [5, 5.41) is 13.7. The highest BCUT2D eigenvalue weighted by Crippen LogP contribution is 2.27. The molecule has 0 unspecified atom stereocenters. The van der Waals surface area contributed by atoms with E-state index in [1.54, 1.807) is 11.9 Å². The number of hydrogen-bond acceptors (Lipinski definition) is 4. The molecule has 0 saturated carbocycles. The van der Waals surface area contributed by atoms with Crippen LogP contribution in [0.15, 0.2) is 28.7 Å². The molecule has 5 nitrogen and oxygen atoms in total. The van der Waals surface area contributed by atoms with Gasteiger partial charge in [0.2, 0.25) is 5.91 Å². The minimum Gasteiger partial charge on any atom is -0.461 e. The van der Waals surface area contributed by atoms with Crippen LogP contribution in [0.25, 0.3) is 11.0 Å². The highest BCUT2D eigenvalue weighted by atomic mass is 16.3. The molecule has 2 atom stereocenters. The van der Waals surface area contributed by atoms with Gasteiger partial charge in [0.25, 0.3) is 0 Å². The zero-order valence-electron chi connectivity index (χ0n) is 13.0. The molecule has 1 aromatic carbocycles. The Kier molecular flexibility index (Phi) is 4.18. The third-order valence-electron chi connectivity index (χ3n) is 4.28. The van der Waals surface area contributed by atoms with Crippen LogP contribution in [0.3, 0.4) is 0 Å². The van der Waals surface area contributed by atoms with E-state index in [9.17, 15) is 9.90 Å². The lowest BCUT2D eigenvalue weighted by atomic mass is 10.1. The Morgan fingerprint density at radius 2 is 2.23 bits per heavy atom. The van der Waals surface area contributed by atoms with Gasteiger partial charge in [0, 0.05) is 37.5 Å². The number of β-amino-alcohol motifs (C(OH)–C–C–N with tert-alkyl or cyclic N) is 1. The largest absolute Gasteiger partial charge is 0.461 e. The molecule has 3 rings (SSSR count). The zero-order chi connectivity index (χ0) is 15.7. The number of nitrogens with zero attached hydrogens (tertiary/aromatic N) is 1. The molecule has 0 bridgehead atoms. The van der Waals surface area contributed by atoms with Crippen LogP contribution in [-0.2, 0) is 17.8 Å². The molecule has 0 spiro atoms. The molecule has 2 aromatic rings. The number of benzene rings is 1. The molecule has 1 fully saturated rings. The summed E-state index contributed by atoms with van der Waals surface area (Å²) < 4.78 is 5.88. The normalized spacial score (nSPS) is 21.4. The molecule has 5 heteroatoms. The maximum absolute atomic E-state index is 12.5. The Balaban J connectivity index is 1.81. The molecule has 1 amide bonds. The van der Waals surface area contributed by atoms with E-state index in [0.717, 1.165) is 28.7 Å². The molecular formula is C17H22N2O3. The second-order valence-corrected chi connectivity index (χ2v) is 5.90. The van der Waals surface area contributed by atoms with Crippen molar-refractivity contribution in [3.63, 3.8) is 0 Å². The van der Waals surface area contributed by atoms with Gasteiger partial charge in [-0.15, -0.1) is 0 Å². The number of fused-ring (bicyclic) bond motifs is 1. The molecule has 1 aliphatic rings. The molecule has 118 valence electrons. The number of para-hydroxylation sites is 1. The first-order chi connectivity index (χ1) is 10.6. The van der Waals surface area contributed by atoms with Gasteiger partial charge in [0.05, 0.1) is 12.1 Å². The minimum atomic E-state index is -0.427. The van der Waals surface area contributed by atoms with Gasteiger partial charge in [-0.05, 0) is 12.5 Å². The molecule has 0 aliphatic carbocycles. The fourth-order valence-electron chi connectivity index (χ4n) is 3.09. The summed E-state index contributed by atoms with van der Waals surface area (Å²) in [7, 11) is 1.80. The minimum absolute atomic E-state index is 0.0175. The third-order valence-corrected chi connectivity index (χ3v) is 4.28. The van der Waals surface area contributed by atoms with Crippen LogP contribution in [-0.4, -0.2) is 41.7 Å². The smallest absolute Gasteiger partial charge is 0.239 e. The number of aryl methyl sites for hydroxylation is 1. The molecule has 2 N–H and O–H groups in total. The average Bonchev–Trinajstić information content (AvgIpc) is 3.10. The van der Waals surface area contributed by atoms with E-state index in [4.69, 9.17) is 4.42 Å². The summed E-state index contributed by atoms with van der Waals surface area (Å²) in [4.78, 5) is 14.2. The van der Waals surface area contributed by atoms with Crippen molar-refractivity contribution in [3.05, 3.63) is 35.6 Å². The van der Waals surface area contributed by atoms with Crippen LogP contribution in [0, 0.1) is 0 Å². The maximum atomic E-state index is 12.5. The predicted molar refractivity (Wildman–Crippen MR) is 84.5 cm³/mol. The Morgan fingerprint density at radius 3 is 2.91 bits per heavy atom. The maximum Gasteiger partial charge on any atom is 0.239 e. The van der Waals surface area contributed by atoms with E-state index < -0.39 is 6.10 Å². The van der Waals surface area contributed by atoms with E-state index in [-0.39, 0.29) is 11.9 Å². The van der Waals surface area contributed by atoms with Gasteiger partial charge in [-0.2, -0.15) is 0 Å². The molecule has 1 aliphatic heterocycles. The fourth-order valence-corrected chi connectivity index (χ4v) is 3.09. The first-order valence-electron chi connectivity index (χ1n) is 7.75. The molecule has 1 aromatic heterocycles. The topological polar surface area (TPSA) is 65.7 Å². The Labute approximate surface area is 129 Å². The van der Waals surface area contributed by atoms with Gasteiger partial charge in [-0.3, -0.25) is 4.79 Å². The Morgan fingerprint density at radius 1 is 1.45 bits per heavy atom. The van der Waals surface area contributed by atoms with E-state index >= 15 is 0 Å². The molecule has 22 heavy (non-hydrogen) atoms. The van der Waals surface area contributed by atoms with Gasteiger partial charge in [-0.25, -0.2) is 0 Å². The highest BCUT2D eigenvalue weighted by molar-refractivity contribution is 5.85. The third kappa shape index (κ3) is 2.74. The number of hydrogen-bond donors (Lipinski definition) is 2. The van der Waals surface area contributed by atoms with Crippen molar-refractivity contribution in [1.82, 2.24) is 10.2 Å². The van der Waals surface area contributed by atoms with Crippen LogP contribution in [0.2, 0.25) is 0 Å². The molecule has 0 radical (unpaired) electrons. The number of carbonyl (C=O) groups excluding carboxylic acids is 1. The van der Waals surface area contributed by atoms with Crippen molar-refractivity contribution in [1.29, 1.82) is 0 Å². The fraction of sp³-hybridized carbons (Fsp3) is 0.471. The van der Waals surface area contributed by atoms with Crippen molar-refractivity contribution in [3.8, 4) is 0 Å². The molecular weight excluding hydrogens is 280 g/mol. The van der Waals surface area contributed by atoms with Gasteiger partial charge >= 0.3 is 0 Å². The first kappa shape index (κ1) is 15.1. The van der Waals surface area contributed by atoms with E-state index in [2.05, 4.69) is 12.2 Å². The molecule has 2 heterocycles. The van der Waals surface area contributed by atoms with Crippen LogP contribution in [0.1, 0.15) is 24.7 Å². The van der Waals surface area contributed by atoms with E-state index in [1.165, 1.54) is 0 Å². The van der Waals surface area contributed by atoms with Crippen LogP contribution in [0.5, 0.6) is 0 Å². The number of rotatable bonds is 4. The van der Waals surface area contributed by atoms with Crippen molar-refractivity contribution < 1.29 is 14.3 Å². The molecule has 1 saturated heterocycles. The highest BCUT2D eigenvalue weighted by Gasteiger charge is 2.30. The number of aliphatic hydroxyl groups excluding tert-OH is 1. The Bertz CT molecular complexity index is 680. The number of nitrogens with one attached hydrogen (secondary N) is 1. The van der Waals surface area contributed by atoms with Crippen molar-refractivity contribution >= 4 is 16.9 Å². The quantitative estimate of drug-likeness (QED) is 0.902. The number of furan rings is 1. The van der Waals surface area contributed by atoms with Crippen LogP contribution < -0.4 is 5.32 Å². The van der Waals surface area contributed by atoms with Crippen molar-refractivity contribution in [2.24, 2.45) is 0 Å². The van der Waals surface area contributed by atoms with Crippen molar-refractivity contribution in [2.45, 2.75) is 38.5 Å². The number of aliphatic hydroxyl groups is 1. The lowest BCUT2D eigenvalue weighted by Gasteiger charge is -2.21. The summed E-state index contributed by atoms with van der Waals surface area (Å²) in [5.74, 6) is 0.948.